The van der Waals surface area contributed by atoms with Crippen LogP contribution in [0.25, 0.3) is 0 Å². The lowest BCUT2D eigenvalue weighted by molar-refractivity contribution is -0.269. The third kappa shape index (κ3) is 9.14. The van der Waals surface area contributed by atoms with Crippen molar-refractivity contribution in [2.45, 2.75) is 20.0 Å². The smallest absolute Gasteiger partial charge is 0.0871 e. The van der Waals surface area contributed by atoms with E-state index in [2.05, 4.69) is 4.89 Å². The first-order chi connectivity index (χ1) is 5.27. The molecule has 0 saturated carbocycles. The molecule has 0 aromatic heterocycles. The van der Waals surface area contributed by atoms with E-state index in [0.29, 0.717) is 0 Å². The highest BCUT2D eigenvalue weighted by Gasteiger charge is 1.81. The Morgan fingerprint density at radius 2 is 1.09 bits per heavy atom. The Labute approximate surface area is 67.4 Å². The van der Waals surface area contributed by atoms with Crippen molar-refractivity contribution in [1.29, 1.82) is 0 Å². The van der Waals surface area contributed by atoms with Gasteiger partial charge in [0.1, 0.15) is 0 Å². The third-order valence-electron chi connectivity index (χ3n) is 0.877. The summed E-state index contributed by atoms with van der Waals surface area (Å²) < 4.78 is 0. The van der Waals surface area contributed by atoms with Crippen LogP contribution in [0.1, 0.15) is 13.8 Å². The average molecular weight is 154 g/mol. The van der Waals surface area contributed by atoms with E-state index in [4.69, 9.17) is 5.26 Å². The lowest BCUT2D eigenvalue weighted by atomic mass is 10.4. The zero-order valence-corrected chi connectivity index (χ0v) is 6.90. The minimum Gasteiger partial charge on any atom is -0.252 e. The second-order valence-electron chi connectivity index (χ2n) is 2.31. The molecule has 2 heteroatoms. The fraction of sp³-hybridized carbons (Fsp3) is 0.333. The fourth-order valence-corrected chi connectivity index (χ4v) is 0.385. The summed E-state index contributed by atoms with van der Waals surface area (Å²) in [6.45, 7) is 3.50. The van der Waals surface area contributed by atoms with Gasteiger partial charge in [0.25, 0.3) is 0 Å². The molecule has 0 heterocycles. The first-order valence-corrected chi connectivity index (χ1v) is 3.57. The maximum absolute atomic E-state index is 7.64. The van der Waals surface area contributed by atoms with Crippen LogP contribution < -0.4 is 0 Å². The highest BCUT2D eigenvalue weighted by Crippen LogP contribution is 1.80. The second kappa shape index (κ2) is 7.25. The highest BCUT2D eigenvalue weighted by atomic mass is 17.1. The molecule has 1 aromatic rings. The van der Waals surface area contributed by atoms with Gasteiger partial charge in [0.2, 0.25) is 0 Å². The predicted molar refractivity (Wildman–Crippen MR) is 45.3 cm³/mol. The molecular formula is C9H14O2. The van der Waals surface area contributed by atoms with Crippen molar-refractivity contribution < 1.29 is 10.1 Å². The van der Waals surface area contributed by atoms with Crippen LogP contribution in [0.3, 0.4) is 0 Å². The topological polar surface area (TPSA) is 29.5 Å². The first-order valence-electron chi connectivity index (χ1n) is 3.57. The number of benzene rings is 1. The van der Waals surface area contributed by atoms with Gasteiger partial charge < -0.3 is 0 Å². The quantitative estimate of drug-likeness (QED) is 0.497. The van der Waals surface area contributed by atoms with Gasteiger partial charge in [0.05, 0.1) is 6.10 Å². The first kappa shape index (κ1) is 10.1. The van der Waals surface area contributed by atoms with Gasteiger partial charge in [-0.1, -0.05) is 36.4 Å². The molecule has 0 unspecified atom stereocenters. The van der Waals surface area contributed by atoms with Crippen molar-refractivity contribution in [2.24, 2.45) is 0 Å². The van der Waals surface area contributed by atoms with Crippen LogP contribution in [-0.2, 0) is 4.89 Å². The molecule has 0 amide bonds. The summed E-state index contributed by atoms with van der Waals surface area (Å²) in [5, 5.41) is 7.64. The van der Waals surface area contributed by atoms with E-state index in [0.717, 1.165) is 0 Å². The molecule has 0 fully saturated rings. The van der Waals surface area contributed by atoms with Gasteiger partial charge in [-0.2, -0.15) is 0 Å². The van der Waals surface area contributed by atoms with Crippen molar-refractivity contribution in [3.05, 3.63) is 36.4 Å². The van der Waals surface area contributed by atoms with Gasteiger partial charge in [-0.05, 0) is 13.8 Å². The molecule has 0 saturated heterocycles. The Bertz CT molecular complexity index is 122. The monoisotopic (exact) mass is 154 g/mol. The summed E-state index contributed by atoms with van der Waals surface area (Å²) in [6, 6.07) is 12.0. The molecule has 1 rings (SSSR count). The van der Waals surface area contributed by atoms with E-state index in [9.17, 15) is 0 Å². The summed E-state index contributed by atoms with van der Waals surface area (Å²) in [7, 11) is 0. The fourth-order valence-electron chi connectivity index (χ4n) is 0.385. The zero-order chi connectivity index (χ0) is 8.53. The highest BCUT2D eigenvalue weighted by molar-refractivity contribution is 4.99. The molecule has 2 nitrogen and oxygen atoms in total. The third-order valence-corrected chi connectivity index (χ3v) is 0.877. The van der Waals surface area contributed by atoms with Crippen LogP contribution >= 0.6 is 0 Å². The summed E-state index contributed by atoms with van der Waals surface area (Å²) >= 11 is 0. The van der Waals surface area contributed by atoms with Crippen LogP contribution in [0.5, 0.6) is 0 Å². The molecule has 62 valence electrons. The van der Waals surface area contributed by atoms with E-state index in [1.165, 1.54) is 0 Å². The van der Waals surface area contributed by atoms with Crippen molar-refractivity contribution in [3.63, 3.8) is 0 Å². The van der Waals surface area contributed by atoms with Gasteiger partial charge in [0, 0.05) is 0 Å². The van der Waals surface area contributed by atoms with E-state index in [1.54, 1.807) is 13.8 Å². The maximum atomic E-state index is 7.64. The molecule has 0 radical (unpaired) electrons. The maximum Gasteiger partial charge on any atom is 0.0871 e. The van der Waals surface area contributed by atoms with Crippen molar-refractivity contribution in [1.82, 2.24) is 0 Å². The van der Waals surface area contributed by atoms with Gasteiger partial charge in [0.15, 0.2) is 0 Å². The van der Waals surface area contributed by atoms with Crippen LogP contribution in [0, 0.1) is 0 Å². The van der Waals surface area contributed by atoms with Crippen LogP contribution in [0.4, 0.5) is 0 Å². The number of hydrogen-bond donors (Lipinski definition) is 1. The minimum absolute atomic E-state index is 0.0602. The molecule has 1 N–H and O–H groups in total. The van der Waals surface area contributed by atoms with Crippen LogP contribution in [0.15, 0.2) is 36.4 Å². The van der Waals surface area contributed by atoms with E-state index >= 15 is 0 Å². The van der Waals surface area contributed by atoms with Crippen molar-refractivity contribution in [3.8, 4) is 0 Å². The van der Waals surface area contributed by atoms with Crippen molar-refractivity contribution in [2.75, 3.05) is 0 Å². The Morgan fingerprint density at radius 3 is 1.18 bits per heavy atom. The van der Waals surface area contributed by atoms with Gasteiger partial charge in [-0.3, -0.25) is 5.26 Å². The zero-order valence-electron chi connectivity index (χ0n) is 6.90. The normalized spacial score (nSPS) is 8.73. The van der Waals surface area contributed by atoms with Crippen LogP contribution in [-0.4, -0.2) is 11.4 Å². The largest absolute Gasteiger partial charge is 0.252 e. The van der Waals surface area contributed by atoms with E-state index in [-0.39, 0.29) is 6.10 Å². The molecule has 11 heavy (non-hydrogen) atoms. The molecule has 0 atom stereocenters. The predicted octanol–water partition coefficient (Wildman–Crippen LogP) is 2.57. The minimum atomic E-state index is -0.0602. The standard InChI is InChI=1S/C6H6.C3H8O2/c1-2-4-6-5-3-1;1-3(2)5-4/h1-6H;3-4H,1-2H3. The summed E-state index contributed by atoms with van der Waals surface area (Å²) in [5.41, 5.74) is 0. The summed E-state index contributed by atoms with van der Waals surface area (Å²) in [4.78, 5) is 3.75. The van der Waals surface area contributed by atoms with Crippen LogP contribution in [0.2, 0.25) is 0 Å². The molecule has 0 spiro atoms. The Kier molecular flexibility index (Phi) is 6.68. The Balaban J connectivity index is 0.000000187. The molecule has 0 aliphatic rings. The molecule has 0 aliphatic carbocycles. The van der Waals surface area contributed by atoms with Crippen molar-refractivity contribution >= 4 is 0 Å². The number of hydrogen-bond acceptors (Lipinski definition) is 2. The molecule has 1 aromatic carbocycles. The molecule has 0 aliphatic heterocycles. The lowest BCUT2D eigenvalue weighted by Gasteiger charge is -1.91. The van der Waals surface area contributed by atoms with E-state index in [1.807, 2.05) is 36.4 Å². The average Bonchev–Trinajstić information content (AvgIpc) is 2.09. The molecule has 0 bridgehead atoms. The van der Waals surface area contributed by atoms with Gasteiger partial charge >= 0.3 is 0 Å². The Morgan fingerprint density at radius 1 is 0.909 bits per heavy atom. The van der Waals surface area contributed by atoms with Gasteiger partial charge in [-0.15, -0.1) is 0 Å². The lowest BCUT2D eigenvalue weighted by Crippen LogP contribution is -1.95. The summed E-state index contributed by atoms with van der Waals surface area (Å²) in [6.07, 6.45) is -0.0602. The SMILES string of the molecule is CC(C)OO.c1ccccc1. The van der Waals surface area contributed by atoms with E-state index < -0.39 is 0 Å². The number of rotatable bonds is 1. The van der Waals surface area contributed by atoms with Gasteiger partial charge in [-0.25, -0.2) is 4.89 Å². The second-order valence-corrected chi connectivity index (χ2v) is 2.31. The summed E-state index contributed by atoms with van der Waals surface area (Å²) in [5.74, 6) is 0. The Hall–Kier alpha value is -0.860. The molecular weight excluding hydrogens is 140 g/mol.